The summed E-state index contributed by atoms with van der Waals surface area (Å²) in [6.45, 7) is 17.9. The van der Waals surface area contributed by atoms with Gasteiger partial charge in [0.05, 0.1) is 23.8 Å². The van der Waals surface area contributed by atoms with E-state index in [4.69, 9.17) is 9.40 Å². The number of anilines is 1. The molecule has 0 amide bonds. The van der Waals surface area contributed by atoms with Crippen molar-refractivity contribution in [3.63, 3.8) is 0 Å². The van der Waals surface area contributed by atoms with Crippen LogP contribution in [0.1, 0.15) is 77.5 Å². The quantitative estimate of drug-likeness (QED) is 0.240. The lowest BCUT2D eigenvalue weighted by Crippen LogP contribution is -2.31. The van der Waals surface area contributed by atoms with Crippen molar-refractivity contribution >= 4 is 17.0 Å². The van der Waals surface area contributed by atoms with Crippen molar-refractivity contribution in [1.29, 1.82) is 0 Å². The lowest BCUT2D eigenvalue weighted by molar-refractivity contribution is 0.223. The third-order valence-electron chi connectivity index (χ3n) is 7.57. The van der Waals surface area contributed by atoms with Gasteiger partial charge in [0.25, 0.3) is 0 Å². The maximum atomic E-state index is 5.56. The Morgan fingerprint density at radius 2 is 1.73 bits per heavy atom. The van der Waals surface area contributed by atoms with Crippen molar-refractivity contribution in [1.82, 2.24) is 19.4 Å². The number of likely N-dealkylation sites (tertiary alicyclic amines) is 1. The van der Waals surface area contributed by atoms with Crippen LogP contribution in [0.15, 0.2) is 41.0 Å². The molecule has 204 valence electrons. The summed E-state index contributed by atoms with van der Waals surface area (Å²) in [7, 11) is 0. The van der Waals surface area contributed by atoms with E-state index in [-0.39, 0.29) is 0 Å². The van der Waals surface area contributed by atoms with E-state index in [0.29, 0.717) is 6.54 Å². The third kappa shape index (κ3) is 8.61. The molecular weight excluding hydrogens is 458 g/mol. The topological polar surface area (TPSA) is 49.5 Å². The predicted molar refractivity (Wildman–Crippen MR) is 155 cm³/mol. The second-order valence-electron chi connectivity index (χ2n) is 11.7. The monoisotopic (exact) mass is 507 g/mol. The normalized spacial score (nSPS) is 15.0. The van der Waals surface area contributed by atoms with Crippen molar-refractivity contribution < 1.29 is 4.42 Å². The number of piperidine rings is 1. The summed E-state index contributed by atoms with van der Waals surface area (Å²) in [5.41, 5.74) is 3.69. The summed E-state index contributed by atoms with van der Waals surface area (Å²) >= 11 is 0. The highest BCUT2D eigenvalue weighted by Crippen LogP contribution is 2.24. The smallest absolute Gasteiger partial charge is 0.204 e. The minimum atomic E-state index is 0.646. The average molecular weight is 508 g/mol. The molecule has 0 bridgehead atoms. The molecule has 1 N–H and O–H groups in total. The Morgan fingerprint density at radius 1 is 0.973 bits per heavy atom. The van der Waals surface area contributed by atoms with Crippen molar-refractivity contribution in [3.05, 3.63) is 47.9 Å². The molecule has 3 aromatic rings. The van der Waals surface area contributed by atoms with Crippen LogP contribution in [0.5, 0.6) is 0 Å². The Bertz CT molecular complexity index is 1040. The summed E-state index contributed by atoms with van der Waals surface area (Å²) in [5.74, 6) is 3.33. The number of rotatable bonds is 15. The lowest BCUT2D eigenvalue weighted by Gasteiger charge is -2.26. The van der Waals surface area contributed by atoms with E-state index in [9.17, 15) is 0 Å². The number of hydrogen-bond donors (Lipinski definition) is 1. The summed E-state index contributed by atoms with van der Waals surface area (Å²) in [4.78, 5) is 10.3. The number of furan rings is 1. The Balaban J connectivity index is 1.51. The van der Waals surface area contributed by atoms with Gasteiger partial charge in [0.1, 0.15) is 5.76 Å². The Morgan fingerprint density at radius 3 is 2.41 bits per heavy atom. The second-order valence-corrected chi connectivity index (χ2v) is 11.7. The summed E-state index contributed by atoms with van der Waals surface area (Å²) in [6.07, 6.45) is 9.44. The Hall–Kier alpha value is -2.31. The molecule has 1 aliphatic heterocycles. The zero-order valence-electron chi connectivity index (χ0n) is 23.7. The van der Waals surface area contributed by atoms with E-state index in [1.54, 1.807) is 6.26 Å². The second kappa shape index (κ2) is 14.0. The van der Waals surface area contributed by atoms with E-state index in [1.807, 2.05) is 12.1 Å². The van der Waals surface area contributed by atoms with Gasteiger partial charge in [-0.15, -0.1) is 0 Å². The van der Waals surface area contributed by atoms with Crippen LogP contribution in [0.2, 0.25) is 0 Å². The van der Waals surface area contributed by atoms with E-state index in [2.05, 4.69) is 65.6 Å². The van der Waals surface area contributed by atoms with Crippen molar-refractivity contribution in [2.75, 3.05) is 38.0 Å². The molecule has 3 heterocycles. The number of benzene rings is 1. The number of aromatic nitrogens is 2. The summed E-state index contributed by atoms with van der Waals surface area (Å²) in [6, 6.07) is 10.8. The first-order valence-electron chi connectivity index (χ1n) is 14.7. The van der Waals surface area contributed by atoms with Gasteiger partial charge in [-0.25, -0.2) is 4.98 Å². The van der Waals surface area contributed by atoms with Gasteiger partial charge in [0, 0.05) is 13.1 Å². The van der Waals surface area contributed by atoms with Crippen LogP contribution in [0, 0.1) is 11.8 Å². The number of nitrogens with one attached hydrogen (secondary N) is 1. The first-order valence-corrected chi connectivity index (χ1v) is 14.7. The maximum absolute atomic E-state index is 5.56. The van der Waals surface area contributed by atoms with Crippen LogP contribution in [0.25, 0.3) is 11.0 Å². The summed E-state index contributed by atoms with van der Waals surface area (Å²) < 4.78 is 7.96. The number of nitrogens with zero attached hydrogens (tertiary/aromatic N) is 4. The molecule has 0 atom stereocenters. The highest BCUT2D eigenvalue weighted by atomic mass is 16.3. The molecule has 4 rings (SSSR count). The molecule has 1 saturated heterocycles. The lowest BCUT2D eigenvalue weighted by atomic mass is 10.1. The third-order valence-corrected chi connectivity index (χ3v) is 7.57. The molecule has 0 spiro atoms. The van der Waals surface area contributed by atoms with Gasteiger partial charge < -0.3 is 19.2 Å². The molecule has 6 heteroatoms. The molecule has 6 nitrogen and oxygen atoms in total. The average Bonchev–Trinajstić information content (AvgIpc) is 3.53. The molecule has 1 aliphatic rings. The molecule has 1 fully saturated rings. The molecule has 1 aromatic carbocycles. The first kappa shape index (κ1) is 27.7. The maximum Gasteiger partial charge on any atom is 0.204 e. The van der Waals surface area contributed by atoms with E-state index in [1.165, 1.54) is 56.3 Å². The van der Waals surface area contributed by atoms with Crippen LogP contribution < -0.4 is 5.32 Å². The fourth-order valence-corrected chi connectivity index (χ4v) is 5.25. The van der Waals surface area contributed by atoms with Crippen LogP contribution in [0.4, 0.5) is 5.95 Å². The molecule has 0 unspecified atom stereocenters. The van der Waals surface area contributed by atoms with Crippen molar-refractivity contribution in [3.8, 4) is 0 Å². The molecule has 0 aliphatic carbocycles. The van der Waals surface area contributed by atoms with E-state index >= 15 is 0 Å². The molecule has 2 aromatic heterocycles. The van der Waals surface area contributed by atoms with Crippen LogP contribution in [-0.2, 0) is 19.6 Å². The van der Waals surface area contributed by atoms with Gasteiger partial charge in [-0.1, -0.05) is 40.2 Å². The Labute approximate surface area is 224 Å². The van der Waals surface area contributed by atoms with Gasteiger partial charge in [-0.3, -0.25) is 4.90 Å². The van der Waals surface area contributed by atoms with E-state index in [0.717, 1.165) is 68.2 Å². The van der Waals surface area contributed by atoms with Crippen molar-refractivity contribution in [2.24, 2.45) is 11.8 Å². The van der Waals surface area contributed by atoms with Gasteiger partial charge in [0.15, 0.2) is 0 Å². The van der Waals surface area contributed by atoms with Gasteiger partial charge in [-0.05, 0) is 106 Å². The highest BCUT2D eigenvalue weighted by Gasteiger charge is 2.15. The molecule has 37 heavy (non-hydrogen) atoms. The molecule has 0 saturated carbocycles. The number of hydrogen-bond acceptors (Lipinski definition) is 5. The fourth-order valence-electron chi connectivity index (χ4n) is 5.25. The minimum absolute atomic E-state index is 0.646. The standard InChI is InChI=1S/C31H49N5O/c1-25(2)13-19-35(20-14-26(3)4)24-27-11-12-29-30(22-27)36(18-9-17-34-15-6-5-7-16-34)31(33-29)32-23-28-10-8-21-37-28/h8,10-12,21-22,25-26H,5-7,9,13-20,23-24H2,1-4H3,(H,32,33). The largest absolute Gasteiger partial charge is 0.467 e. The number of fused-ring (bicyclic) bond motifs is 1. The van der Waals surface area contributed by atoms with Gasteiger partial charge in [-0.2, -0.15) is 0 Å². The van der Waals surface area contributed by atoms with E-state index < -0.39 is 0 Å². The van der Waals surface area contributed by atoms with Crippen LogP contribution in [-0.4, -0.2) is 52.1 Å². The van der Waals surface area contributed by atoms with Crippen LogP contribution in [0.3, 0.4) is 0 Å². The minimum Gasteiger partial charge on any atom is -0.467 e. The SMILES string of the molecule is CC(C)CCN(CCC(C)C)Cc1ccc2nc(NCc3ccco3)n(CCCN3CCCCC3)c2c1. The number of aryl methyl sites for hydroxylation is 1. The van der Waals surface area contributed by atoms with Gasteiger partial charge in [0.2, 0.25) is 5.95 Å². The highest BCUT2D eigenvalue weighted by molar-refractivity contribution is 5.79. The first-order chi connectivity index (χ1) is 18.0. The van der Waals surface area contributed by atoms with Gasteiger partial charge >= 0.3 is 0 Å². The van der Waals surface area contributed by atoms with Crippen molar-refractivity contribution in [2.45, 2.75) is 85.9 Å². The Kier molecular flexibility index (Phi) is 10.5. The molecular formula is C31H49N5O. The number of imidazole rings is 1. The predicted octanol–water partition coefficient (Wildman–Crippen LogP) is 7.01. The van der Waals surface area contributed by atoms with Crippen LogP contribution >= 0.6 is 0 Å². The zero-order chi connectivity index (χ0) is 26.0. The molecule has 0 radical (unpaired) electrons. The zero-order valence-corrected chi connectivity index (χ0v) is 23.7. The fraction of sp³-hybridized carbons (Fsp3) is 0.645. The summed E-state index contributed by atoms with van der Waals surface area (Å²) in [5, 5.41) is 3.55.